The molecule has 2 aromatic rings. The van der Waals surface area contributed by atoms with Gasteiger partial charge in [0.05, 0.1) is 7.11 Å². The first-order valence-corrected chi connectivity index (χ1v) is 4.49. The van der Waals surface area contributed by atoms with E-state index in [1.807, 2.05) is 37.3 Å². The summed E-state index contributed by atoms with van der Waals surface area (Å²) in [6.07, 6.45) is 0. The maximum absolute atomic E-state index is 9.77. The quantitative estimate of drug-likeness (QED) is 0.745. The van der Waals surface area contributed by atoms with Crippen molar-refractivity contribution >= 4 is 10.8 Å². The molecule has 0 fully saturated rings. The highest BCUT2D eigenvalue weighted by molar-refractivity contribution is 5.91. The molecule has 0 aliphatic carbocycles. The van der Waals surface area contributed by atoms with Crippen molar-refractivity contribution in [2.45, 2.75) is 6.92 Å². The molecule has 2 heteroatoms. The predicted molar refractivity (Wildman–Crippen MR) is 56.9 cm³/mol. The van der Waals surface area contributed by atoms with Crippen molar-refractivity contribution in [1.82, 2.24) is 0 Å². The highest BCUT2D eigenvalue weighted by Crippen LogP contribution is 2.37. The van der Waals surface area contributed by atoms with Gasteiger partial charge in [-0.25, -0.2) is 0 Å². The topological polar surface area (TPSA) is 29.5 Å². The van der Waals surface area contributed by atoms with E-state index >= 15 is 0 Å². The summed E-state index contributed by atoms with van der Waals surface area (Å²) in [5.41, 5.74) is 0.834. The van der Waals surface area contributed by atoms with E-state index in [1.165, 1.54) is 0 Å². The van der Waals surface area contributed by atoms with Crippen molar-refractivity contribution in [3.8, 4) is 11.5 Å². The minimum atomic E-state index is 0.228. The molecule has 0 heterocycles. The smallest absolute Gasteiger partial charge is 0.168 e. The number of aromatic hydroxyl groups is 1. The Bertz CT molecular complexity index is 475. The third kappa shape index (κ3) is 1.20. The van der Waals surface area contributed by atoms with Crippen LogP contribution in [0.4, 0.5) is 0 Å². The van der Waals surface area contributed by atoms with Gasteiger partial charge in [-0.15, -0.1) is 0 Å². The van der Waals surface area contributed by atoms with Gasteiger partial charge >= 0.3 is 0 Å². The lowest BCUT2D eigenvalue weighted by Gasteiger charge is -2.09. The SMILES string of the molecule is COc1c(O)c(C)cc2ccccc12. The Morgan fingerprint density at radius 2 is 1.93 bits per heavy atom. The van der Waals surface area contributed by atoms with Gasteiger partial charge in [0.15, 0.2) is 11.5 Å². The number of methoxy groups -OCH3 is 1. The fourth-order valence-electron chi connectivity index (χ4n) is 1.64. The Morgan fingerprint density at radius 1 is 1.21 bits per heavy atom. The van der Waals surface area contributed by atoms with Gasteiger partial charge in [-0.1, -0.05) is 24.3 Å². The highest BCUT2D eigenvalue weighted by atomic mass is 16.5. The van der Waals surface area contributed by atoms with Gasteiger partial charge in [0.2, 0.25) is 0 Å². The summed E-state index contributed by atoms with van der Waals surface area (Å²) in [5.74, 6) is 0.784. The molecular weight excluding hydrogens is 176 g/mol. The lowest BCUT2D eigenvalue weighted by molar-refractivity contribution is 0.376. The van der Waals surface area contributed by atoms with Crippen molar-refractivity contribution in [3.05, 3.63) is 35.9 Å². The monoisotopic (exact) mass is 188 g/mol. The van der Waals surface area contributed by atoms with Gasteiger partial charge in [0.1, 0.15) is 0 Å². The Morgan fingerprint density at radius 3 is 2.64 bits per heavy atom. The van der Waals surface area contributed by atoms with Crippen LogP contribution in [0.2, 0.25) is 0 Å². The van der Waals surface area contributed by atoms with Crippen molar-refractivity contribution in [3.63, 3.8) is 0 Å². The van der Waals surface area contributed by atoms with E-state index in [2.05, 4.69) is 0 Å². The van der Waals surface area contributed by atoms with Gasteiger partial charge in [-0.3, -0.25) is 0 Å². The Labute approximate surface area is 82.8 Å². The number of ether oxygens (including phenoxy) is 1. The Hall–Kier alpha value is -1.70. The fourth-order valence-corrected chi connectivity index (χ4v) is 1.64. The van der Waals surface area contributed by atoms with Gasteiger partial charge < -0.3 is 9.84 Å². The van der Waals surface area contributed by atoms with Crippen LogP contribution < -0.4 is 4.74 Å². The summed E-state index contributed by atoms with van der Waals surface area (Å²) in [6, 6.07) is 9.79. The number of benzene rings is 2. The van der Waals surface area contributed by atoms with Crippen LogP contribution in [0, 0.1) is 6.92 Å². The molecule has 2 aromatic carbocycles. The molecule has 0 bridgehead atoms. The van der Waals surface area contributed by atoms with Crippen molar-refractivity contribution in [1.29, 1.82) is 0 Å². The van der Waals surface area contributed by atoms with Gasteiger partial charge in [0, 0.05) is 5.39 Å². The van der Waals surface area contributed by atoms with Gasteiger partial charge in [-0.05, 0) is 23.9 Å². The van der Waals surface area contributed by atoms with E-state index < -0.39 is 0 Å². The third-order valence-electron chi connectivity index (χ3n) is 2.37. The van der Waals surface area contributed by atoms with Crippen LogP contribution in [0.1, 0.15) is 5.56 Å². The third-order valence-corrected chi connectivity index (χ3v) is 2.37. The molecule has 0 unspecified atom stereocenters. The first-order valence-electron chi connectivity index (χ1n) is 4.49. The number of aryl methyl sites for hydroxylation is 1. The van der Waals surface area contributed by atoms with Gasteiger partial charge in [0.25, 0.3) is 0 Å². The van der Waals surface area contributed by atoms with Gasteiger partial charge in [-0.2, -0.15) is 0 Å². The predicted octanol–water partition coefficient (Wildman–Crippen LogP) is 2.86. The molecule has 0 saturated carbocycles. The second kappa shape index (κ2) is 3.22. The van der Waals surface area contributed by atoms with Crippen LogP contribution in [0.25, 0.3) is 10.8 Å². The highest BCUT2D eigenvalue weighted by Gasteiger charge is 2.09. The van der Waals surface area contributed by atoms with Crippen LogP contribution in [0.15, 0.2) is 30.3 Å². The Balaban J connectivity index is 2.89. The van der Waals surface area contributed by atoms with E-state index in [9.17, 15) is 5.11 Å². The minimum Gasteiger partial charge on any atom is -0.504 e. The average molecular weight is 188 g/mol. The molecule has 1 N–H and O–H groups in total. The first kappa shape index (κ1) is 8.88. The summed E-state index contributed by atoms with van der Waals surface area (Å²) >= 11 is 0. The van der Waals surface area contributed by atoms with Crippen molar-refractivity contribution in [2.75, 3.05) is 7.11 Å². The van der Waals surface area contributed by atoms with E-state index in [0.717, 1.165) is 16.3 Å². The van der Waals surface area contributed by atoms with E-state index in [1.54, 1.807) is 7.11 Å². The van der Waals surface area contributed by atoms with Crippen LogP contribution >= 0.6 is 0 Å². The lowest BCUT2D eigenvalue weighted by Crippen LogP contribution is -1.88. The zero-order valence-corrected chi connectivity index (χ0v) is 8.24. The van der Waals surface area contributed by atoms with Crippen LogP contribution in [-0.2, 0) is 0 Å². The number of fused-ring (bicyclic) bond motifs is 1. The molecule has 0 aliphatic rings. The van der Waals surface area contributed by atoms with E-state index in [4.69, 9.17) is 4.74 Å². The lowest BCUT2D eigenvalue weighted by atomic mass is 10.1. The summed E-state index contributed by atoms with van der Waals surface area (Å²) in [7, 11) is 1.57. The molecule has 2 rings (SSSR count). The molecule has 2 nitrogen and oxygen atoms in total. The molecule has 0 amide bonds. The van der Waals surface area contributed by atoms with Crippen LogP contribution in [0.5, 0.6) is 11.5 Å². The second-order valence-corrected chi connectivity index (χ2v) is 3.30. The zero-order valence-electron chi connectivity index (χ0n) is 8.24. The maximum Gasteiger partial charge on any atom is 0.168 e. The molecule has 14 heavy (non-hydrogen) atoms. The number of phenolic OH excluding ortho intramolecular Hbond substituents is 1. The minimum absolute atomic E-state index is 0.228. The molecule has 0 spiro atoms. The number of hydrogen-bond acceptors (Lipinski definition) is 2. The van der Waals surface area contributed by atoms with Crippen LogP contribution in [-0.4, -0.2) is 12.2 Å². The maximum atomic E-state index is 9.77. The second-order valence-electron chi connectivity index (χ2n) is 3.30. The van der Waals surface area contributed by atoms with Crippen molar-refractivity contribution < 1.29 is 9.84 Å². The molecule has 0 atom stereocenters. The first-order chi connectivity index (χ1) is 6.74. The largest absolute Gasteiger partial charge is 0.504 e. The number of phenols is 1. The number of rotatable bonds is 1. The van der Waals surface area contributed by atoms with E-state index in [0.29, 0.717) is 5.75 Å². The molecule has 0 saturated heterocycles. The normalized spacial score (nSPS) is 10.4. The molecule has 72 valence electrons. The zero-order chi connectivity index (χ0) is 10.1. The summed E-state index contributed by atoms with van der Waals surface area (Å²) in [5, 5.41) is 11.8. The van der Waals surface area contributed by atoms with Crippen LogP contribution in [0.3, 0.4) is 0 Å². The summed E-state index contributed by atoms with van der Waals surface area (Å²) in [4.78, 5) is 0. The Kier molecular flexibility index (Phi) is 2.04. The molecule has 0 aliphatic heterocycles. The summed E-state index contributed by atoms with van der Waals surface area (Å²) in [6.45, 7) is 1.87. The molecule has 0 aromatic heterocycles. The molecular formula is C12H12O2. The summed E-state index contributed by atoms with van der Waals surface area (Å²) < 4.78 is 5.19. The fraction of sp³-hybridized carbons (Fsp3) is 0.167. The number of hydrogen-bond donors (Lipinski definition) is 1. The average Bonchev–Trinajstić information content (AvgIpc) is 2.20. The standard InChI is InChI=1S/C12H12O2/c1-8-7-9-5-3-4-6-10(9)12(14-2)11(8)13/h3-7,13H,1-2H3. The van der Waals surface area contributed by atoms with Crippen molar-refractivity contribution in [2.24, 2.45) is 0 Å². The molecule has 0 radical (unpaired) electrons. The van der Waals surface area contributed by atoms with E-state index in [-0.39, 0.29) is 5.75 Å².